The quantitative estimate of drug-likeness (QED) is 0.772. The standard InChI is InChI=1S/C12H24N2O4/c1-7-14(12(4,5)9(16)17)10(18)13(6)11(2,3)8-15/h15H,7-8H2,1-6H3,(H,16,17). The minimum absolute atomic E-state index is 0.194. The fourth-order valence-corrected chi connectivity index (χ4v) is 1.43. The molecule has 0 heterocycles. The Hall–Kier alpha value is -1.30. The molecule has 0 aliphatic rings. The van der Waals surface area contributed by atoms with Crippen LogP contribution >= 0.6 is 0 Å². The molecule has 0 unspecified atom stereocenters. The molecule has 0 bridgehead atoms. The van der Waals surface area contributed by atoms with Gasteiger partial charge in [-0.2, -0.15) is 0 Å². The molecule has 0 aromatic heterocycles. The number of hydrogen-bond donors (Lipinski definition) is 2. The van der Waals surface area contributed by atoms with E-state index in [1.165, 1.54) is 23.6 Å². The molecule has 0 aliphatic carbocycles. The second-order valence-corrected chi connectivity index (χ2v) is 5.42. The normalized spacial score (nSPS) is 12.2. The number of hydrogen-bond acceptors (Lipinski definition) is 3. The maximum absolute atomic E-state index is 12.3. The smallest absolute Gasteiger partial charge is 0.329 e. The molecule has 6 nitrogen and oxygen atoms in total. The lowest BCUT2D eigenvalue weighted by Gasteiger charge is -2.42. The first-order chi connectivity index (χ1) is 8.02. The highest BCUT2D eigenvalue weighted by atomic mass is 16.4. The van der Waals surface area contributed by atoms with Gasteiger partial charge in [-0.1, -0.05) is 0 Å². The van der Waals surface area contributed by atoms with Gasteiger partial charge >= 0.3 is 12.0 Å². The molecule has 0 atom stereocenters. The first kappa shape index (κ1) is 16.7. The van der Waals surface area contributed by atoms with E-state index in [1.54, 1.807) is 27.8 Å². The summed E-state index contributed by atoms with van der Waals surface area (Å²) < 4.78 is 0. The van der Waals surface area contributed by atoms with Crippen molar-refractivity contribution in [3.05, 3.63) is 0 Å². The van der Waals surface area contributed by atoms with E-state index in [4.69, 9.17) is 0 Å². The fourth-order valence-electron chi connectivity index (χ4n) is 1.43. The van der Waals surface area contributed by atoms with E-state index < -0.39 is 23.1 Å². The van der Waals surface area contributed by atoms with Crippen LogP contribution in [0.4, 0.5) is 4.79 Å². The van der Waals surface area contributed by atoms with Crippen molar-refractivity contribution in [1.29, 1.82) is 0 Å². The van der Waals surface area contributed by atoms with Crippen LogP contribution in [0.25, 0.3) is 0 Å². The van der Waals surface area contributed by atoms with Crippen molar-refractivity contribution in [2.24, 2.45) is 0 Å². The first-order valence-corrected chi connectivity index (χ1v) is 5.92. The molecule has 0 radical (unpaired) electrons. The van der Waals surface area contributed by atoms with Crippen LogP contribution in [0, 0.1) is 0 Å². The van der Waals surface area contributed by atoms with Crippen LogP contribution in [-0.4, -0.2) is 63.3 Å². The Morgan fingerprint density at radius 3 is 1.89 bits per heavy atom. The molecule has 0 saturated carbocycles. The van der Waals surface area contributed by atoms with Gasteiger partial charge in [-0.15, -0.1) is 0 Å². The van der Waals surface area contributed by atoms with Crippen LogP contribution in [0.5, 0.6) is 0 Å². The van der Waals surface area contributed by atoms with Crippen molar-refractivity contribution >= 4 is 12.0 Å². The summed E-state index contributed by atoms with van der Waals surface area (Å²) in [6, 6.07) is -0.413. The lowest BCUT2D eigenvalue weighted by Crippen LogP contribution is -2.60. The van der Waals surface area contributed by atoms with Gasteiger partial charge in [-0.3, -0.25) is 0 Å². The summed E-state index contributed by atoms with van der Waals surface area (Å²) in [7, 11) is 1.55. The number of amides is 2. The van der Waals surface area contributed by atoms with Gasteiger partial charge in [0.05, 0.1) is 12.1 Å². The Morgan fingerprint density at radius 2 is 1.61 bits per heavy atom. The van der Waals surface area contributed by atoms with E-state index in [0.717, 1.165) is 0 Å². The number of aliphatic hydroxyl groups is 1. The van der Waals surface area contributed by atoms with E-state index >= 15 is 0 Å². The highest BCUT2D eigenvalue weighted by Crippen LogP contribution is 2.20. The Labute approximate surface area is 108 Å². The van der Waals surface area contributed by atoms with Gasteiger partial charge in [0.1, 0.15) is 5.54 Å². The van der Waals surface area contributed by atoms with Gasteiger partial charge in [0.2, 0.25) is 0 Å². The molecule has 0 fully saturated rings. The van der Waals surface area contributed by atoms with Gasteiger partial charge < -0.3 is 20.0 Å². The van der Waals surface area contributed by atoms with Crippen LogP contribution in [0.15, 0.2) is 0 Å². The monoisotopic (exact) mass is 260 g/mol. The summed E-state index contributed by atoms with van der Waals surface area (Å²) in [5.74, 6) is -1.06. The molecule has 6 heteroatoms. The van der Waals surface area contributed by atoms with Crippen LogP contribution in [0.2, 0.25) is 0 Å². The molecular weight excluding hydrogens is 236 g/mol. The summed E-state index contributed by atoms with van der Waals surface area (Å²) in [4.78, 5) is 26.1. The largest absolute Gasteiger partial charge is 0.480 e. The summed E-state index contributed by atoms with van der Waals surface area (Å²) >= 11 is 0. The molecule has 2 amide bonds. The Morgan fingerprint density at radius 1 is 1.17 bits per heavy atom. The van der Waals surface area contributed by atoms with Gasteiger partial charge in [0, 0.05) is 13.6 Å². The number of aliphatic carboxylic acids is 1. The van der Waals surface area contributed by atoms with E-state index in [-0.39, 0.29) is 13.2 Å². The number of likely N-dealkylation sites (N-methyl/N-ethyl adjacent to an activating group) is 2. The zero-order chi connectivity index (χ0) is 14.7. The number of carboxylic acids is 1. The average molecular weight is 260 g/mol. The molecule has 0 aromatic carbocycles. The SMILES string of the molecule is CCN(C(=O)N(C)C(C)(C)CO)C(C)(C)C(=O)O. The Bertz CT molecular complexity index is 326. The third-order valence-corrected chi connectivity index (χ3v) is 3.33. The highest BCUT2D eigenvalue weighted by Gasteiger charge is 2.40. The van der Waals surface area contributed by atoms with Crippen molar-refractivity contribution in [2.45, 2.75) is 45.7 Å². The molecule has 106 valence electrons. The van der Waals surface area contributed by atoms with E-state index in [9.17, 15) is 19.8 Å². The lowest BCUT2D eigenvalue weighted by atomic mass is 10.0. The van der Waals surface area contributed by atoms with Crippen molar-refractivity contribution in [3.63, 3.8) is 0 Å². The second kappa shape index (κ2) is 5.56. The fraction of sp³-hybridized carbons (Fsp3) is 0.833. The third-order valence-electron chi connectivity index (χ3n) is 3.33. The van der Waals surface area contributed by atoms with Crippen molar-refractivity contribution in [1.82, 2.24) is 9.80 Å². The van der Waals surface area contributed by atoms with Gasteiger partial charge in [-0.05, 0) is 34.6 Å². The maximum atomic E-state index is 12.3. The minimum Gasteiger partial charge on any atom is -0.480 e. The van der Waals surface area contributed by atoms with Crippen LogP contribution < -0.4 is 0 Å². The lowest BCUT2D eigenvalue weighted by molar-refractivity contribution is -0.148. The molecule has 0 spiro atoms. The topological polar surface area (TPSA) is 81.1 Å². The number of nitrogens with zero attached hydrogens (tertiary/aromatic N) is 2. The van der Waals surface area contributed by atoms with E-state index in [2.05, 4.69) is 0 Å². The van der Waals surface area contributed by atoms with Gasteiger partial charge in [0.25, 0.3) is 0 Å². The molecule has 0 saturated heterocycles. The molecule has 18 heavy (non-hydrogen) atoms. The van der Waals surface area contributed by atoms with Crippen LogP contribution in [-0.2, 0) is 4.79 Å². The Kier molecular flexibility index (Phi) is 5.16. The van der Waals surface area contributed by atoms with Crippen LogP contribution in [0.1, 0.15) is 34.6 Å². The summed E-state index contributed by atoms with van der Waals surface area (Å²) in [6.07, 6.45) is 0. The van der Waals surface area contributed by atoms with Crippen molar-refractivity contribution < 1.29 is 19.8 Å². The molecule has 2 N–H and O–H groups in total. The maximum Gasteiger partial charge on any atom is 0.329 e. The number of carbonyl (C=O) groups excluding carboxylic acids is 1. The number of rotatable bonds is 5. The number of aliphatic hydroxyl groups excluding tert-OH is 1. The third kappa shape index (κ3) is 3.13. The summed E-state index contributed by atoms with van der Waals surface area (Å²) in [5.41, 5.74) is -2.02. The van der Waals surface area contributed by atoms with Crippen molar-refractivity contribution in [3.8, 4) is 0 Å². The number of carboxylic acid groups (broad SMARTS) is 1. The van der Waals surface area contributed by atoms with E-state index in [1.807, 2.05) is 0 Å². The molecule has 0 aromatic rings. The van der Waals surface area contributed by atoms with Gasteiger partial charge in [-0.25, -0.2) is 9.59 Å². The number of carbonyl (C=O) groups is 2. The predicted molar refractivity (Wildman–Crippen MR) is 68.4 cm³/mol. The van der Waals surface area contributed by atoms with Crippen LogP contribution in [0.3, 0.4) is 0 Å². The minimum atomic E-state index is -1.29. The van der Waals surface area contributed by atoms with Crippen molar-refractivity contribution in [2.75, 3.05) is 20.2 Å². The Balaban J connectivity index is 5.23. The number of urea groups is 1. The predicted octanol–water partition coefficient (Wildman–Crippen LogP) is 0.994. The molecule has 0 rings (SSSR count). The summed E-state index contributed by atoms with van der Waals surface area (Å²) in [6.45, 7) is 8.21. The van der Waals surface area contributed by atoms with E-state index in [0.29, 0.717) is 0 Å². The first-order valence-electron chi connectivity index (χ1n) is 5.92. The second-order valence-electron chi connectivity index (χ2n) is 5.42. The van der Waals surface area contributed by atoms with Gasteiger partial charge in [0.15, 0.2) is 0 Å². The average Bonchev–Trinajstić information content (AvgIpc) is 2.28. The summed E-state index contributed by atoms with van der Waals surface area (Å²) in [5, 5.41) is 18.4. The molecule has 0 aliphatic heterocycles. The molecular formula is C12H24N2O4. The zero-order valence-corrected chi connectivity index (χ0v) is 12.0. The zero-order valence-electron chi connectivity index (χ0n) is 12.0. The highest BCUT2D eigenvalue weighted by molar-refractivity contribution is 5.85.